The quantitative estimate of drug-likeness (QED) is 0.760. The van der Waals surface area contributed by atoms with E-state index in [9.17, 15) is 13.6 Å². The molecule has 1 atom stereocenters. The summed E-state index contributed by atoms with van der Waals surface area (Å²) in [7, 11) is 0. The van der Waals surface area contributed by atoms with E-state index in [2.05, 4.69) is 5.32 Å². The number of amides is 1. The van der Waals surface area contributed by atoms with Crippen molar-refractivity contribution in [2.45, 2.75) is 47.1 Å². The summed E-state index contributed by atoms with van der Waals surface area (Å²) in [5.41, 5.74) is -0.210. The van der Waals surface area contributed by atoms with Crippen molar-refractivity contribution in [3.63, 3.8) is 0 Å². The van der Waals surface area contributed by atoms with Gasteiger partial charge >= 0.3 is 6.43 Å². The molecule has 0 aromatic heterocycles. The van der Waals surface area contributed by atoms with E-state index in [4.69, 9.17) is 0 Å². The number of carbonyl (C=O) groups is 1. The molecule has 1 N–H and O–H groups in total. The van der Waals surface area contributed by atoms with E-state index in [1.54, 1.807) is 0 Å². The van der Waals surface area contributed by atoms with Gasteiger partial charge in [-0.15, -0.1) is 0 Å². The Morgan fingerprint density at radius 2 is 1.71 bits per heavy atom. The molecular weight excluding hydrogens is 188 g/mol. The molecular formula is C10H21F2NO. The molecule has 0 heterocycles. The normalized spacial score (nSPS) is 14.6. The van der Waals surface area contributed by atoms with E-state index in [1.165, 1.54) is 0 Å². The molecule has 0 radical (unpaired) electrons. The van der Waals surface area contributed by atoms with Gasteiger partial charge in [-0.05, 0) is 11.3 Å². The van der Waals surface area contributed by atoms with E-state index in [0.717, 1.165) is 0 Å². The van der Waals surface area contributed by atoms with Crippen molar-refractivity contribution in [2.75, 3.05) is 0 Å². The number of carbonyl (C=O) groups excluding carboxylic acids is 1. The van der Waals surface area contributed by atoms with Gasteiger partial charge in [0.25, 0.3) is 5.91 Å². The van der Waals surface area contributed by atoms with Gasteiger partial charge < -0.3 is 5.32 Å². The van der Waals surface area contributed by atoms with Crippen LogP contribution in [0.1, 0.15) is 36.0 Å². The molecule has 0 bridgehead atoms. The van der Waals surface area contributed by atoms with Crippen LogP contribution in [0.15, 0.2) is 0 Å². The first-order valence-corrected chi connectivity index (χ1v) is 4.74. The number of nitrogens with one attached hydrogen (secondary N) is 1. The number of alkyl halides is 2. The summed E-state index contributed by atoms with van der Waals surface area (Å²) in [5, 5.41) is 2.37. The number of halogens is 2. The molecule has 2 nitrogen and oxygen atoms in total. The van der Waals surface area contributed by atoms with E-state index >= 15 is 0 Å². The minimum absolute atomic E-state index is 0. The largest absolute Gasteiger partial charge is 0.348 e. The monoisotopic (exact) mass is 209 g/mol. The highest BCUT2D eigenvalue weighted by molar-refractivity contribution is 5.79. The highest BCUT2D eigenvalue weighted by Gasteiger charge is 2.30. The van der Waals surface area contributed by atoms with Crippen LogP contribution in [0.25, 0.3) is 0 Å². The van der Waals surface area contributed by atoms with Crippen molar-refractivity contribution in [2.24, 2.45) is 11.3 Å². The Balaban J connectivity index is 0. The first kappa shape index (κ1) is 13.3. The van der Waals surface area contributed by atoms with E-state index in [1.807, 2.05) is 34.6 Å². The summed E-state index contributed by atoms with van der Waals surface area (Å²) in [5.74, 6) is -1.05. The van der Waals surface area contributed by atoms with Gasteiger partial charge in [0.1, 0.15) is 0 Å². The molecule has 0 spiro atoms. The average Bonchev–Trinajstić information content (AvgIpc) is 1.96. The minimum atomic E-state index is -2.93. The summed E-state index contributed by atoms with van der Waals surface area (Å²) >= 11 is 0. The fraction of sp³-hybridized carbons (Fsp3) is 0.900. The minimum Gasteiger partial charge on any atom is -0.348 e. The molecule has 4 heteroatoms. The third-order valence-corrected chi connectivity index (χ3v) is 2.10. The molecule has 14 heavy (non-hydrogen) atoms. The molecule has 0 saturated carbocycles. The predicted molar refractivity (Wildman–Crippen MR) is 54.3 cm³/mol. The van der Waals surface area contributed by atoms with Gasteiger partial charge in [0.05, 0.1) is 0 Å². The number of rotatable bonds is 3. The fourth-order valence-electron chi connectivity index (χ4n) is 1.60. The Morgan fingerprint density at radius 3 is 1.93 bits per heavy atom. The zero-order chi connectivity index (χ0) is 11.5. The molecule has 0 saturated heterocycles. The van der Waals surface area contributed by atoms with Crippen LogP contribution in [0.3, 0.4) is 0 Å². The first-order chi connectivity index (χ1) is 6.16. The van der Waals surface area contributed by atoms with E-state index < -0.39 is 12.3 Å². The van der Waals surface area contributed by atoms with Crippen LogP contribution in [-0.2, 0) is 4.79 Å². The smallest absolute Gasteiger partial charge is 0.315 e. The second kappa shape index (κ2) is 4.71. The molecule has 0 fully saturated rings. The van der Waals surface area contributed by atoms with Gasteiger partial charge in [0.2, 0.25) is 0 Å². The van der Waals surface area contributed by atoms with Crippen molar-refractivity contribution in [3.05, 3.63) is 0 Å². The van der Waals surface area contributed by atoms with Gasteiger partial charge in [0.15, 0.2) is 0 Å². The Hall–Kier alpha value is -0.670. The van der Waals surface area contributed by atoms with Crippen molar-refractivity contribution < 1.29 is 15.0 Å². The summed E-state index contributed by atoms with van der Waals surface area (Å²) in [6.07, 6.45) is -2.93. The first-order valence-electron chi connectivity index (χ1n) is 4.74. The molecule has 0 aliphatic carbocycles. The molecule has 0 unspecified atom stereocenters. The zero-order valence-electron chi connectivity index (χ0n) is 9.40. The third kappa shape index (κ3) is 4.03. The van der Waals surface area contributed by atoms with Crippen molar-refractivity contribution >= 4 is 5.91 Å². The molecule has 0 aliphatic rings. The number of hydrogen-bond acceptors (Lipinski definition) is 1. The summed E-state index contributed by atoms with van der Waals surface area (Å²) in [6.45, 7) is 9.57. The van der Waals surface area contributed by atoms with Gasteiger partial charge in [-0.3, -0.25) is 4.79 Å². The molecule has 0 aliphatic heterocycles. The molecule has 86 valence electrons. The third-order valence-electron chi connectivity index (χ3n) is 2.10. The van der Waals surface area contributed by atoms with E-state index in [0.29, 0.717) is 0 Å². The van der Waals surface area contributed by atoms with Crippen LogP contribution in [0.5, 0.6) is 0 Å². The fourth-order valence-corrected chi connectivity index (χ4v) is 1.60. The lowest BCUT2D eigenvalue weighted by atomic mass is 9.80. The van der Waals surface area contributed by atoms with Crippen LogP contribution in [0.2, 0.25) is 0 Å². The topological polar surface area (TPSA) is 29.1 Å². The Morgan fingerprint density at radius 1 is 1.29 bits per heavy atom. The van der Waals surface area contributed by atoms with Crippen LogP contribution in [0.4, 0.5) is 8.78 Å². The lowest BCUT2D eigenvalue weighted by Gasteiger charge is -2.34. The molecule has 0 aromatic carbocycles. The predicted octanol–water partition coefficient (Wildman–Crippen LogP) is 2.68. The number of hydrogen-bond donors (Lipinski definition) is 1. The van der Waals surface area contributed by atoms with E-state index in [-0.39, 0.29) is 18.8 Å². The second-order valence-electron chi connectivity index (χ2n) is 4.90. The maximum atomic E-state index is 12.0. The van der Waals surface area contributed by atoms with Gasteiger partial charge in [-0.1, -0.05) is 34.6 Å². The molecule has 1 amide bonds. The zero-order valence-corrected chi connectivity index (χ0v) is 9.40. The Bertz CT molecular complexity index is 202. The van der Waals surface area contributed by atoms with Crippen molar-refractivity contribution in [3.8, 4) is 0 Å². The van der Waals surface area contributed by atoms with Crippen LogP contribution in [0, 0.1) is 11.3 Å². The van der Waals surface area contributed by atoms with Crippen molar-refractivity contribution in [1.82, 2.24) is 5.32 Å². The van der Waals surface area contributed by atoms with Crippen LogP contribution in [-0.4, -0.2) is 18.4 Å². The Kier molecular flexibility index (Phi) is 4.49. The lowest BCUT2D eigenvalue weighted by Crippen LogP contribution is -2.48. The van der Waals surface area contributed by atoms with Gasteiger partial charge in [0, 0.05) is 7.47 Å². The SMILES string of the molecule is CC(C)[C@@H](NC(=O)C(F)F)C(C)(C)C.[HH]. The maximum Gasteiger partial charge on any atom is 0.315 e. The maximum absolute atomic E-state index is 12.0. The van der Waals surface area contributed by atoms with Gasteiger partial charge in [-0.25, -0.2) is 0 Å². The van der Waals surface area contributed by atoms with Crippen molar-refractivity contribution in [1.29, 1.82) is 0 Å². The second-order valence-corrected chi connectivity index (χ2v) is 4.90. The summed E-state index contributed by atoms with van der Waals surface area (Å²) < 4.78 is 24.1. The van der Waals surface area contributed by atoms with Crippen LogP contribution >= 0.6 is 0 Å². The summed E-state index contributed by atoms with van der Waals surface area (Å²) in [4.78, 5) is 10.8. The highest BCUT2D eigenvalue weighted by Crippen LogP contribution is 2.25. The highest BCUT2D eigenvalue weighted by atomic mass is 19.3. The summed E-state index contributed by atoms with van der Waals surface area (Å²) in [6, 6.07) is -0.232. The van der Waals surface area contributed by atoms with Crippen LogP contribution < -0.4 is 5.32 Å². The van der Waals surface area contributed by atoms with Gasteiger partial charge in [-0.2, -0.15) is 8.78 Å². The molecule has 0 rings (SSSR count). The standard InChI is InChI=1S/C10H19F2NO.H2/c1-6(2)7(10(3,4)5)13-9(14)8(11)12;/h6-8H,1-5H3,(H,13,14);1H/t7-;/m1./s1. The molecule has 0 aromatic rings. The lowest BCUT2D eigenvalue weighted by molar-refractivity contribution is -0.133. The Labute approximate surface area is 85.6 Å². The average molecular weight is 209 g/mol.